The third-order valence-corrected chi connectivity index (χ3v) is 5.00. The Hall–Kier alpha value is -1.26. The average Bonchev–Trinajstić information content (AvgIpc) is 2.48. The van der Waals surface area contributed by atoms with Gasteiger partial charge < -0.3 is 15.5 Å². The molecule has 1 saturated heterocycles. The molecule has 0 radical (unpaired) electrons. The quantitative estimate of drug-likeness (QED) is 0.838. The van der Waals surface area contributed by atoms with Crippen molar-refractivity contribution >= 4 is 11.4 Å². The molecule has 0 aliphatic carbocycles. The number of piperidine rings is 1. The van der Waals surface area contributed by atoms with Crippen LogP contribution in [0, 0.1) is 5.92 Å². The Bertz CT molecular complexity index is 480. The van der Waals surface area contributed by atoms with Gasteiger partial charge >= 0.3 is 0 Å². The molecule has 21 heavy (non-hydrogen) atoms. The van der Waals surface area contributed by atoms with Crippen LogP contribution in [0.5, 0.6) is 0 Å². The minimum Gasteiger partial charge on any atom is -0.399 e. The first-order valence-corrected chi connectivity index (χ1v) is 8.24. The summed E-state index contributed by atoms with van der Waals surface area (Å²) in [4.78, 5) is 5.09. The summed E-state index contributed by atoms with van der Waals surface area (Å²) in [7, 11) is 0. The smallest absolute Gasteiger partial charge is 0.0770 e. The number of anilines is 2. The van der Waals surface area contributed by atoms with Gasteiger partial charge in [-0.2, -0.15) is 0 Å². The second-order valence-corrected chi connectivity index (χ2v) is 6.66. The first-order chi connectivity index (χ1) is 10.1. The number of hydrogen-bond acceptors (Lipinski definition) is 4. The predicted molar refractivity (Wildman–Crippen MR) is 89.3 cm³/mol. The van der Waals surface area contributed by atoms with E-state index in [2.05, 4.69) is 41.1 Å². The highest BCUT2D eigenvalue weighted by atomic mass is 15.3. The molecule has 2 aliphatic rings. The molecule has 3 rings (SSSR count). The van der Waals surface area contributed by atoms with Crippen molar-refractivity contribution in [1.29, 1.82) is 0 Å². The van der Waals surface area contributed by atoms with Crippen LogP contribution in [-0.2, 0) is 6.54 Å². The highest BCUT2D eigenvalue weighted by Gasteiger charge is 2.23. The summed E-state index contributed by atoms with van der Waals surface area (Å²) in [6.07, 6.45) is 3.09. The summed E-state index contributed by atoms with van der Waals surface area (Å²) in [5.74, 6) is 0.903. The van der Waals surface area contributed by atoms with Gasteiger partial charge in [-0.05, 0) is 62.5 Å². The first kappa shape index (κ1) is 14.7. The predicted octanol–water partition coefficient (Wildman–Crippen LogP) is 2.26. The average molecular weight is 288 g/mol. The van der Waals surface area contributed by atoms with Crippen molar-refractivity contribution in [3.63, 3.8) is 0 Å². The van der Waals surface area contributed by atoms with Gasteiger partial charge in [0.25, 0.3) is 0 Å². The lowest BCUT2D eigenvalue weighted by molar-refractivity contribution is 0.194. The van der Waals surface area contributed by atoms with Crippen LogP contribution in [0.4, 0.5) is 11.4 Å². The van der Waals surface area contributed by atoms with E-state index < -0.39 is 0 Å². The zero-order valence-corrected chi connectivity index (χ0v) is 13.3. The summed E-state index contributed by atoms with van der Waals surface area (Å²) in [6, 6.07) is 6.30. The van der Waals surface area contributed by atoms with Gasteiger partial charge in [0.1, 0.15) is 0 Å². The van der Waals surface area contributed by atoms with E-state index in [1.807, 2.05) is 6.07 Å². The van der Waals surface area contributed by atoms with Gasteiger partial charge in [-0.25, -0.2) is 0 Å². The number of nitrogens with two attached hydrogens (primary N) is 1. The van der Waals surface area contributed by atoms with Crippen LogP contribution < -0.4 is 16.0 Å². The molecule has 0 aromatic heterocycles. The minimum atomic E-state index is 0.393. The Balaban J connectivity index is 1.65. The molecule has 0 amide bonds. The Morgan fingerprint density at radius 2 is 1.95 bits per heavy atom. The summed E-state index contributed by atoms with van der Waals surface area (Å²) >= 11 is 0. The molecule has 4 nitrogen and oxygen atoms in total. The zero-order chi connectivity index (χ0) is 14.8. The SMILES string of the molecule is CC1CCN(CCN2c3ccc(N)cc3CNC2C)CC1. The van der Waals surface area contributed by atoms with Gasteiger partial charge in [-0.1, -0.05) is 6.92 Å². The van der Waals surface area contributed by atoms with Crippen LogP contribution >= 0.6 is 0 Å². The van der Waals surface area contributed by atoms with Crippen LogP contribution in [0.2, 0.25) is 0 Å². The molecule has 0 spiro atoms. The third kappa shape index (κ3) is 3.33. The molecule has 1 unspecified atom stereocenters. The van der Waals surface area contributed by atoms with Crippen molar-refractivity contribution in [2.75, 3.05) is 36.8 Å². The van der Waals surface area contributed by atoms with E-state index in [4.69, 9.17) is 5.73 Å². The topological polar surface area (TPSA) is 44.5 Å². The van der Waals surface area contributed by atoms with Gasteiger partial charge in [-0.3, -0.25) is 5.32 Å². The van der Waals surface area contributed by atoms with Crippen LogP contribution in [0.15, 0.2) is 18.2 Å². The zero-order valence-electron chi connectivity index (χ0n) is 13.3. The van der Waals surface area contributed by atoms with E-state index in [9.17, 15) is 0 Å². The normalized spacial score (nSPS) is 24.1. The van der Waals surface area contributed by atoms with Crippen molar-refractivity contribution in [2.24, 2.45) is 5.92 Å². The summed E-state index contributed by atoms with van der Waals surface area (Å²) < 4.78 is 0. The standard InChI is InChI=1S/C17H28N4/c1-13-5-7-20(8-6-13)9-10-21-14(2)19-12-15-11-16(18)3-4-17(15)21/h3-4,11,13-14,19H,5-10,12,18H2,1-2H3. The van der Waals surface area contributed by atoms with Gasteiger partial charge in [0.05, 0.1) is 6.17 Å². The minimum absolute atomic E-state index is 0.393. The maximum Gasteiger partial charge on any atom is 0.0770 e. The Morgan fingerprint density at radius 3 is 2.71 bits per heavy atom. The van der Waals surface area contributed by atoms with Gasteiger partial charge in [0.15, 0.2) is 0 Å². The number of nitrogen functional groups attached to an aromatic ring is 1. The molecular formula is C17H28N4. The Kier molecular flexibility index (Phi) is 4.36. The monoisotopic (exact) mass is 288 g/mol. The van der Waals surface area contributed by atoms with E-state index >= 15 is 0 Å². The number of rotatable bonds is 3. The highest BCUT2D eigenvalue weighted by molar-refractivity contribution is 5.61. The highest BCUT2D eigenvalue weighted by Crippen LogP contribution is 2.28. The molecular weight excluding hydrogens is 260 g/mol. The maximum atomic E-state index is 5.91. The number of likely N-dealkylation sites (tertiary alicyclic amines) is 1. The fourth-order valence-corrected chi connectivity index (χ4v) is 3.45. The molecule has 116 valence electrons. The number of benzene rings is 1. The van der Waals surface area contributed by atoms with Crippen LogP contribution in [0.25, 0.3) is 0 Å². The van der Waals surface area contributed by atoms with E-state index in [0.29, 0.717) is 6.17 Å². The fourth-order valence-electron chi connectivity index (χ4n) is 3.45. The molecule has 1 fully saturated rings. The van der Waals surface area contributed by atoms with Crippen LogP contribution in [0.3, 0.4) is 0 Å². The Labute approximate surface area is 128 Å². The summed E-state index contributed by atoms with van der Waals surface area (Å²) in [5.41, 5.74) is 9.44. The Morgan fingerprint density at radius 1 is 1.19 bits per heavy atom. The second kappa shape index (κ2) is 6.24. The molecule has 0 saturated carbocycles. The summed E-state index contributed by atoms with van der Waals surface area (Å²) in [6.45, 7) is 10.3. The summed E-state index contributed by atoms with van der Waals surface area (Å²) in [5, 5.41) is 3.56. The second-order valence-electron chi connectivity index (χ2n) is 6.66. The molecule has 4 heteroatoms. The molecule has 1 aromatic rings. The van der Waals surface area contributed by atoms with Gasteiger partial charge in [0, 0.05) is 31.0 Å². The van der Waals surface area contributed by atoms with Crippen molar-refractivity contribution < 1.29 is 0 Å². The lowest BCUT2D eigenvalue weighted by Crippen LogP contribution is -2.50. The van der Waals surface area contributed by atoms with Crippen molar-refractivity contribution in [3.8, 4) is 0 Å². The number of hydrogen-bond donors (Lipinski definition) is 2. The van der Waals surface area contributed by atoms with Crippen molar-refractivity contribution in [2.45, 2.75) is 39.4 Å². The van der Waals surface area contributed by atoms with Gasteiger partial charge in [-0.15, -0.1) is 0 Å². The molecule has 3 N–H and O–H groups in total. The number of nitrogens with one attached hydrogen (secondary N) is 1. The van der Waals surface area contributed by atoms with Crippen molar-refractivity contribution in [3.05, 3.63) is 23.8 Å². The van der Waals surface area contributed by atoms with E-state index in [0.717, 1.165) is 31.2 Å². The van der Waals surface area contributed by atoms with Crippen LogP contribution in [0.1, 0.15) is 32.3 Å². The molecule has 2 heterocycles. The van der Waals surface area contributed by atoms with E-state index in [1.54, 1.807) is 0 Å². The molecule has 2 aliphatic heterocycles. The van der Waals surface area contributed by atoms with E-state index in [1.165, 1.54) is 37.2 Å². The largest absolute Gasteiger partial charge is 0.399 e. The third-order valence-electron chi connectivity index (χ3n) is 5.00. The van der Waals surface area contributed by atoms with Crippen LogP contribution in [-0.4, -0.2) is 37.2 Å². The number of fused-ring (bicyclic) bond motifs is 1. The molecule has 1 atom stereocenters. The molecule has 0 bridgehead atoms. The first-order valence-electron chi connectivity index (χ1n) is 8.24. The number of nitrogens with zero attached hydrogens (tertiary/aromatic N) is 2. The van der Waals surface area contributed by atoms with E-state index in [-0.39, 0.29) is 0 Å². The molecule has 1 aromatic carbocycles. The fraction of sp³-hybridized carbons (Fsp3) is 0.647. The lowest BCUT2D eigenvalue weighted by atomic mass is 9.99. The maximum absolute atomic E-state index is 5.91. The van der Waals surface area contributed by atoms with Crippen molar-refractivity contribution in [1.82, 2.24) is 10.2 Å². The van der Waals surface area contributed by atoms with Gasteiger partial charge in [0.2, 0.25) is 0 Å². The lowest BCUT2D eigenvalue weighted by Gasteiger charge is -2.40.